The lowest BCUT2D eigenvalue weighted by Gasteiger charge is -2.14. The number of rotatable bonds is 12. The third-order valence-corrected chi connectivity index (χ3v) is 6.63. The monoisotopic (exact) mass is 814 g/mol. The van der Waals surface area contributed by atoms with Crippen LogP contribution in [0, 0.1) is 0 Å². The lowest BCUT2D eigenvalue weighted by atomic mass is 10.2. The van der Waals surface area contributed by atoms with E-state index in [0.717, 1.165) is 60.7 Å². The normalized spacial score (nSPS) is 10.7. The molecule has 4 aromatic carbocycles. The molecule has 22 heteroatoms. The molecular formula is C32H26Cl2F6N2O12. The molecule has 54 heavy (non-hydrogen) atoms. The number of alkyl halides is 6. The van der Waals surface area contributed by atoms with Gasteiger partial charge >= 0.3 is 24.3 Å². The molecule has 0 spiro atoms. The number of aromatic carboxylic acids is 2. The summed E-state index contributed by atoms with van der Waals surface area (Å²) in [4.78, 5) is 43.3. The predicted octanol–water partition coefficient (Wildman–Crippen LogP) is 6.71. The number of carboxylic acid groups (broad SMARTS) is 4. The van der Waals surface area contributed by atoms with Crippen molar-refractivity contribution >= 4 is 47.1 Å². The summed E-state index contributed by atoms with van der Waals surface area (Å²) in [5.41, 5.74) is -3.05. The molecule has 0 aliphatic rings. The number of halogens is 8. The number of quaternary nitrogens is 2. The highest BCUT2D eigenvalue weighted by molar-refractivity contribution is 6.31. The number of carbonyl (C=O) groups is 4. The second-order valence-corrected chi connectivity index (χ2v) is 10.6. The highest BCUT2D eigenvalue weighted by Gasteiger charge is 2.34. The van der Waals surface area contributed by atoms with Gasteiger partial charge in [-0.15, -0.1) is 0 Å². The fourth-order valence-electron chi connectivity index (χ4n) is 3.85. The fourth-order valence-corrected chi connectivity index (χ4v) is 4.40. The van der Waals surface area contributed by atoms with Crippen molar-refractivity contribution in [2.24, 2.45) is 0 Å². The van der Waals surface area contributed by atoms with Crippen molar-refractivity contribution in [3.63, 3.8) is 0 Å². The average molecular weight is 815 g/mol. The van der Waals surface area contributed by atoms with Crippen LogP contribution in [-0.2, 0) is 21.9 Å². The van der Waals surface area contributed by atoms with Crippen LogP contribution < -0.4 is 41.5 Å². The Kier molecular flexibility index (Phi) is 16.4. The number of ether oxygens (including phenoxy) is 4. The fraction of sp³-hybridized carbons (Fsp3) is 0.125. The molecule has 0 aliphatic heterocycles. The Bertz CT molecular complexity index is 1850. The number of hydrogen-bond donors (Lipinski definition) is 4. The quantitative estimate of drug-likeness (QED) is 0.109. The minimum atomic E-state index is -4.62. The number of benzene rings is 4. The number of hydrogen-bond acceptors (Lipinski definition) is 10. The summed E-state index contributed by atoms with van der Waals surface area (Å²) in [6, 6.07) is 12.1. The largest absolute Gasteiger partial charge is 0.545 e. The van der Waals surface area contributed by atoms with Crippen LogP contribution in [0.1, 0.15) is 31.8 Å². The lowest BCUT2D eigenvalue weighted by molar-refractivity contribution is -0.256. The summed E-state index contributed by atoms with van der Waals surface area (Å²) in [5.74, 6) is -6.68. The number of aliphatic carboxylic acids is 2. The van der Waals surface area contributed by atoms with Crippen molar-refractivity contribution in [2.45, 2.75) is 12.4 Å². The molecule has 10 N–H and O–H groups in total. The van der Waals surface area contributed by atoms with Gasteiger partial charge < -0.3 is 61.3 Å². The second-order valence-electron chi connectivity index (χ2n) is 9.74. The standard InChI is InChI=1S/2C16H10ClF3O6.2H3N/c2*17-12-6-9(1-3-11(12)16(18,19)20)26-8-2-4-13(25-7-14(21)22)10(5-8)15(23)24;;/h2*1-6H,7H2,(H,21,22)(H,23,24);2*1H3. The molecular weight excluding hydrogens is 789 g/mol. The Morgan fingerprint density at radius 3 is 1.11 bits per heavy atom. The van der Waals surface area contributed by atoms with Gasteiger partial charge in [0.2, 0.25) is 0 Å². The lowest BCUT2D eigenvalue weighted by Crippen LogP contribution is -2.23. The summed E-state index contributed by atoms with van der Waals surface area (Å²) in [6.45, 7) is -1.54. The Morgan fingerprint density at radius 1 is 0.556 bits per heavy atom. The summed E-state index contributed by atoms with van der Waals surface area (Å²) >= 11 is 11.2. The van der Waals surface area contributed by atoms with Gasteiger partial charge in [-0.25, -0.2) is 9.59 Å². The van der Waals surface area contributed by atoms with Crippen molar-refractivity contribution in [3.05, 3.63) is 105 Å². The zero-order valence-electron chi connectivity index (χ0n) is 27.3. The van der Waals surface area contributed by atoms with Crippen molar-refractivity contribution < 1.29 is 84.9 Å². The molecule has 0 atom stereocenters. The molecule has 0 unspecified atom stereocenters. The third kappa shape index (κ3) is 13.2. The zero-order valence-corrected chi connectivity index (χ0v) is 28.9. The van der Waals surface area contributed by atoms with Crippen LogP contribution in [0.5, 0.6) is 34.5 Å². The van der Waals surface area contributed by atoms with Gasteiger partial charge in [0.1, 0.15) is 34.5 Å². The van der Waals surface area contributed by atoms with Crippen LogP contribution in [0.3, 0.4) is 0 Å². The molecule has 0 radical (unpaired) electrons. The van der Waals surface area contributed by atoms with E-state index in [1.165, 1.54) is 12.1 Å². The highest BCUT2D eigenvalue weighted by atomic mass is 35.5. The highest BCUT2D eigenvalue weighted by Crippen LogP contribution is 2.39. The van der Waals surface area contributed by atoms with E-state index in [-0.39, 0.29) is 46.8 Å². The van der Waals surface area contributed by atoms with E-state index in [0.29, 0.717) is 0 Å². The molecule has 4 aromatic rings. The SMILES string of the molecule is O=C(O)COc1ccc(Oc2ccc(C(F)(F)F)c(Cl)c2)cc1C(=O)[O-].O=C(O)COc1ccc(Oc2ccc(C(F)(F)F)c(Cl)c2)cc1C(=O)[O-].[NH4+].[NH4+]. The van der Waals surface area contributed by atoms with E-state index in [1.807, 2.05) is 0 Å². The van der Waals surface area contributed by atoms with Crippen molar-refractivity contribution in [1.29, 1.82) is 0 Å². The van der Waals surface area contributed by atoms with Crippen LogP contribution in [-0.4, -0.2) is 47.3 Å². The van der Waals surface area contributed by atoms with E-state index in [2.05, 4.69) is 0 Å². The third-order valence-electron chi connectivity index (χ3n) is 6.01. The Balaban J connectivity index is 0.000000521. The zero-order chi connectivity index (χ0) is 39.0. The van der Waals surface area contributed by atoms with Gasteiger partial charge in [0.05, 0.1) is 33.1 Å². The molecule has 0 saturated heterocycles. The maximum Gasteiger partial charge on any atom is 0.417 e. The number of carboxylic acids is 4. The van der Waals surface area contributed by atoms with Gasteiger partial charge in [0, 0.05) is 23.3 Å². The smallest absolute Gasteiger partial charge is 0.417 e. The van der Waals surface area contributed by atoms with E-state index >= 15 is 0 Å². The van der Waals surface area contributed by atoms with Gasteiger partial charge in [-0.1, -0.05) is 23.2 Å². The van der Waals surface area contributed by atoms with Gasteiger partial charge in [0.25, 0.3) is 0 Å². The van der Waals surface area contributed by atoms with Gasteiger partial charge in [-0.3, -0.25) is 0 Å². The number of carbonyl (C=O) groups excluding carboxylic acids is 2. The van der Waals surface area contributed by atoms with E-state index in [9.17, 15) is 55.7 Å². The summed E-state index contributed by atoms with van der Waals surface area (Å²) in [7, 11) is 0. The van der Waals surface area contributed by atoms with Crippen LogP contribution >= 0.6 is 23.2 Å². The summed E-state index contributed by atoms with van der Waals surface area (Å²) in [6.07, 6.45) is -9.25. The summed E-state index contributed by atoms with van der Waals surface area (Å²) < 4.78 is 96.2. The summed E-state index contributed by atoms with van der Waals surface area (Å²) in [5, 5.41) is 38.2. The molecule has 0 aliphatic carbocycles. The van der Waals surface area contributed by atoms with Crippen molar-refractivity contribution in [3.8, 4) is 34.5 Å². The van der Waals surface area contributed by atoms with E-state index in [1.54, 1.807) is 0 Å². The van der Waals surface area contributed by atoms with Gasteiger partial charge in [-0.05, 0) is 60.7 Å². The predicted molar refractivity (Wildman–Crippen MR) is 173 cm³/mol. The van der Waals surface area contributed by atoms with Crippen molar-refractivity contribution in [2.75, 3.05) is 13.2 Å². The van der Waals surface area contributed by atoms with Crippen LogP contribution in [0.4, 0.5) is 26.3 Å². The molecule has 4 rings (SSSR count). The molecule has 0 bridgehead atoms. The molecule has 0 amide bonds. The molecule has 0 fully saturated rings. The van der Waals surface area contributed by atoms with E-state index < -0.39 is 81.7 Å². The second kappa shape index (κ2) is 19.2. The minimum Gasteiger partial charge on any atom is -0.545 e. The Morgan fingerprint density at radius 2 is 0.852 bits per heavy atom. The molecule has 14 nitrogen and oxygen atoms in total. The molecule has 0 aromatic heterocycles. The topological polar surface area (TPSA) is 265 Å². The first kappa shape index (κ1) is 46.1. The van der Waals surface area contributed by atoms with Crippen LogP contribution in [0.25, 0.3) is 0 Å². The maximum absolute atomic E-state index is 12.7. The van der Waals surface area contributed by atoms with Gasteiger partial charge in [-0.2, -0.15) is 26.3 Å². The maximum atomic E-state index is 12.7. The van der Waals surface area contributed by atoms with Gasteiger partial charge in [0.15, 0.2) is 13.2 Å². The average Bonchev–Trinajstić information content (AvgIpc) is 3.02. The molecule has 292 valence electrons. The first-order chi connectivity index (χ1) is 24.1. The molecule has 0 saturated carbocycles. The first-order valence-electron chi connectivity index (χ1n) is 13.6. The van der Waals surface area contributed by atoms with Crippen LogP contribution in [0.2, 0.25) is 10.0 Å². The minimum absolute atomic E-state index is 0. The van der Waals surface area contributed by atoms with E-state index in [4.69, 9.17) is 52.4 Å². The molecule has 0 heterocycles. The Hall–Kier alpha value is -5.96. The first-order valence-corrected chi connectivity index (χ1v) is 14.4. The van der Waals surface area contributed by atoms with Crippen molar-refractivity contribution in [1.82, 2.24) is 12.3 Å². The van der Waals surface area contributed by atoms with Crippen LogP contribution in [0.15, 0.2) is 72.8 Å². The Labute approximate surface area is 309 Å².